The highest BCUT2D eigenvalue weighted by Gasteiger charge is 2.39. The third-order valence-corrected chi connectivity index (χ3v) is 2.17. The summed E-state index contributed by atoms with van der Waals surface area (Å²) in [6.07, 6.45) is -9.39. The molecule has 0 saturated heterocycles. The fourth-order valence-corrected chi connectivity index (χ4v) is 1.60. The molecule has 0 unspecified atom stereocenters. The number of aromatic nitrogens is 1. The van der Waals surface area contributed by atoms with Crippen molar-refractivity contribution >= 4 is 17.6 Å². The van der Waals surface area contributed by atoms with Gasteiger partial charge in [0.1, 0.15) is 11.3 Å². The Labute approximate surface area is 102 Å². The molecule has 0 amide bonds. The van der Waals surface area contributed by atoms with E-state index in [1.807, 2.05) is 0 Å². The lowest BCUT2D eigenvalue weighted by atomic mass is 10.1. The molecule has 1 rings (SSSR count). The van der Waals surface area contributed by atoms with E-state index in [1.54, 1.807) is 0 Å². The van der Waals surface area contributed by atoms with E-state index in [0.717, 1.165) is 0 Å². The first kappa shape index (κ1) is 14.6. The van der Waals surface area contributed by atoms with E-state index in [4.69, 9.17) is 16.7 Å². The number of hydrogen-bond donors (Lipinski definition) is 1. The van der Waals surface area contributed by atoms with Crippen molar-refractivity contribution in [1.29, 1.82) is 0 Å². The molecule has 0 aliphatic carbocycles. The first-order chi connectivity index (χ1) is 8.12. The van der Waals surface area contributed by atoms with Crippen LogP contribution in [0.3, 0.4) is 0 Å². The Kier molecular flexibility index (Phi) is 4.10. The number of rotatable bonds is 3. The molecule has 0 spiro atoms. The molecule has 0 radical (unpaired) electrons. The van der Waals surface area contributed by atoms with E-state index in [1.165, 1.54) is 0 Å². The van der Waals surface area contributed by atoms with Gasteiger partial charge in [0.2, 0.25) is 0 Å². The molecule has 9 heteroatoms. The second-order valence-electron chi connectivity index (χ2n) is 3.22. The SMILES string of the molecule is O=C(O)Cc1cc(Cl)c(C(F)(F)F)c(C(F)F)n1. The zero-order valence-corrected chi connectivity index (χ0v) is 9.19. The van der Waals surface area contributed by atoms with E-state index in [-0.39, 0.29) is 0 Å². The third kappa shape index (κ3) is 3.28. The maximum Gasteiger partial charge on any atom is 0.419 e. The van der Waals surface area contributed by atoms with E-state index in [0.29, 0.717) is 6.07 Å². The standard InChI is InChI=1S/C9H5ClF5NO2/c10-4-1-3(2-5(17)18)16-7(8(11)12)6(4)9(13,14)15/h1,8H,2H2,(H,17,18). The fraction of sp³-hybridized carbons (Fsp3) is 0.333. The number of nitrogens with zero attached hydrogens (tertiary/aromatic N) is 1. The van der Waals surface area contributed by atoms with Crippen molar-refractivity contribution in [2.75, 3.05) is 0 Å². The van der Waals surface area contributed by atoms with Crippen molar-refractivity contribution in [2.24, 2.45) is 0 Å². The van der Waals surface area contributed by atoms with Gasteiger partial charge in [-0.3, -0.25) is 9.78 Å². The van der Waals surface area contributed by atoms with E-state index in [2.05, 4.69) is 4.98 Å². The minimum absolute atomic E-state index is 0.462. The van der Waals surface area contributed by atoms with Gasteiger partial charge in [-0.2, -0.15) is 13.2 Å². The Morgan fingerprint density at radius 2 is 2.00 bits per heavy atom. The number of aliphatic carboxylic acids is 1. The lowest BCUT2D eigenvalue weighted by Gasteiger charge is -2.14. The minimum atomic E-state index is -5.09. The van der Waals surface area contributed by atoms with E-state index >= 15 is 0 Å². The molecule has 3 nitrogen and oxygen atoms in total. The van der Waals surface area contributed by atoms with Crippen molar-refractivity contribution in [3.63, 3.8) is 0 Å². The summed E-state index contributed by atoms with van der Waals surface area (Å²) in [5, 5.41) is 7.43. The Balaban J connectivity index is 3.41. The molecule has 0 fully saturated rings. The van der Waals surface area contributed by atoms with Crippen molar-refractivity contribution in [3.05, 3.63) is 28.0 Å². The first-order valence-corrected chi connectivity index (χ1v) is 4.77. The van der Waals surface area contributed by atoms with Crippen LogP contribution in [0.15, 0.2) is 6.07 Å². The van der Waals surface area contributed by atoms with Gasteiger partial charge in [0.05, 0.1) is 17.1 Å². The lowest BCUT2D eigenvalue weighted by molar-refractivity contribution is -0.139. The quantitative estimate of drug-likeness (QED) is 0.869. The number of carboxylic acids is 1. The summed E-state index contributed by atoms with van der Waals surface area (Å²) < 4.78 is 62.4. The van der Waals surface area contributed by atoms with Gasteiger partial charge in [-0.25, -0.2) is 8.78 Å². The van der Waals surface area contributed by atoms with Crippen molar-refractivity contribution in [2.45, 2.75) is 19.0 Å². The molecule has 0 aliphatic rings. The molecule has 0 aliphatic heterocycles. The van der Waals surface area contributed by atoms with Gasteiger partial charge in [-0.15, -0.1) is 0 Å². The summed E-state index contributed by atoms with van der Waals surface area (Å²) in [4.78, 5) is 13.4. The number of pyridine rings is 1. The van der Waals surface area contributed by atoms with Gasteiger partial charge in [0.25, 0.3) is 6.43 Å². The maximum absolute atomic E-state index is 12.5. The Bertz CT molecular complexity index is 475. The summed E-state index contributed by atoms with van der Waals surface area (Å²) in [5.74, 6) is -1.42. The van der Waals surface area contributed by atoms with Gasteiger partial charge in [-0.1, -0.05) is 11.6 Å². The van der Waals surface area contributed by atoms with Crippen LogP contribution in [0.1, 0.15) is 23.4 Å². The number of carboxylic acid groups (broad SMARTS) is 1. The molecular weight excluding hydrogens is 285 g/mol. The third-order valence-electron chi connectivity index (χ3n) is 1.87. The van der Waals surface area contributed by atoms with Crippen molar-refractivity contribution in [1.82, 2.24) is 4.98 Å². The molecule has 18 heavy (non-hydrogen) atoms. The Hall–Kier alpha value is -1.44. The van der Waals surface area contributed by atoms with Crippen LogP contribution < -0.4 is 0 Å². The number of carbonyl (C=O) groups is 1. The van der Waals surface area contributed by atoms with Crippen LogP contribution in [0.2, 0.25) is 5.02 Å². The Morgan fingerprint density at radius 3 is 2.39 bits per heavy atom. The maximum atomic E-state index is 12.5. The average molecular weight is 290 g/mol. The monoisotopic (exact) mass is 289 g/mol. The normalized spacial score (nSPS) is 11.9. The van der Waals surface area contributed by atoms with Crippen molar-refractivity contribution in [3.8, 4) is 0 Å². The highest BCUT2D eigenvalue weighted by atomic mass is 35.5. The molecular formula is C9H5ClF5NO2. The van der Waals surface area contributed by atoms with Crippen LogP contribution in [0.5, 0.6) is 0 Å². The lowest BCUT2D eigenvalue weighted by Crippen LogP contribution is -2.14. The van der Waals surface area contributed by atoms with Crippen LogP contribution in [0.25, 0.3) is 0 Å². The molecule has 1 aromatic rings. The average Bonchev–Trinajstić information content (AvgIpc) is 2.12. The molecule has 100 valence electrons. The molecule has 0 bridgehead atoms. The first-order valence-electron chi connectivity index (χ1n) is 4.39. The van der Waals surface area contributed by atoms with Crippen LogP contribution >= 0.6 is 11.6 Å². The summed E-state index contributed by atoms with van der Waals surface area (Å²) >= 11 is 5.26. The highest BCUT2D eigenvalue weighted by Crippen LogP contribution is 2.40. The zero-order valence-electron chi connectivity index (χ0n) is 8.43. The highest BCUT2D eigenvalue weighted by molar-refractivity contribution is 6.31. The van der Waals surface area contributed by atoms with E-state index in [9.17, 15) is 26.7 Å². The van der Waals surface area contributed by atoms with Crippen LogP contribution in [-0.4, -0.2) is 16.1 Å². The molecule has 1 N–H and O–H groups in total. The fourth-order valence-electron chi connectivity index (χ4n) is 1.27. The topological polar surface area (TPSA) is 50.2 Å². The summed E-state index contributed by atoms with van der Waals surface area (Å²) in [6, 6.07) is 0.615. The predicted molar refractivity (Wildman–Crippen MR) is 50.5 cm³/mol. The predicted octanol–water partition coefficient (Wildman–Crippen LogP) is 3.32. The molecule has 0 aromatic carbocycles. The molecule has 0 atom stereocenters. The van der Waals surface area contributed by atoms with Gasteiger partial charge in [-0.05, 0) is 6.07 Å². The molecule has 0 saturated carbocycles. The molecule has 1 aromatic heterocycles. The second-order valence-corrected chi connectivity index (χ2v) is 3.63. The van der Waals surface area contributed by atoms with Crippen LogP contribution in [-0.2, 0) is 17.4 Å². The summed E-state index contributed by atoms with van der Waals surface area (Å²) in [7, 11) is 0. The zero-order chi connectivity index (χ0) is 14.1. The van der Waals surface area contributed by atoms with E-state index < -0.39 is 47.0 Å². The number of alkyl halides is 5. The summed E-state index contributed by atoms with van der Waals surface area (Å²) in [5.41, 5.74) is -3.77. The Morgan fingerprint density at radius 1 is 1.44 bits per heavy atom. The number of hydrogen-bond acceptors (Lipinski definition) is 2. The second kappa shape index (κ2) is 5.05. The summed E-state index contributed by atoms with van der Waals surface area (Å²) in [6.45, 7) is 0. The van der Waals surface area contributed by atoms with Crippen LogP contribution in [0, 0.1) is 0 Å². The van der Waals surface area contributed by atoms with Crippen molar-refractivity contribution < 1.29 is 31.9 Å². The molecule has 1 heterocycles. The van der Waals surface area contributed by atoms with Gasteiger partial charge < -0.3 is 5.11 Å². The minimum Gasteiger partial charge on any atom is -0.481 e. The van der Waals surface area contributed by atoms with Gasteiger partial charge in [0, 0.05) is 0 Å². The van der Waals surface area contributed by atoms with Gasteiger partial charge >= 0.3 is 12.1 Å². The van der Waals surface area contributed by atoms with Gasteiger partial charge in [0.15, 0.2) is 0 Å². The van der Waals surface area contributed by atoms with Crippen LogP contribution in [0.4, 0.5) is 22.0 Å². The smallest absolute Gasteiger partial charge is 0.419 e. The number of halogens is 6. The largest absolute Gasteiger partial charge is 0.481 e.